The lowest BCUT2D eigenvalue weighted by molar-refractivity contribution is 0.611. The molecule has 0 saturated heterocycles. The Labute approximate surface area is 99.7 Å². The molecular weight excluding hydrogens is 217 g/mol. The Bertz CT molecular complexity index is 499. The average Bonchev–Trinajstić information content (AvgIpc) is 2.36. The summed E-state index contributed by atoms with van der Waals surface area (Å²) < 4.78 is 13.3. The van der Waals surface area contributed by atoms with Crippen LogP contribution in [0.5, 0.6) is 0 Å². The Kier molecular flexibility index (Phi) is 3.44. The van der Waals surface area contributed by atoms with Crippen LogP contribution >= 0.6 is 0 Å². The van der Waals surface area contributed by atoms with E-state index in [4.69, 9.17) is 0 Å². The first kappa shape index (κ1) is 11.7. The summed E-state index contributed by atoms with van der Waals surface area (Å²) in [4.78, 5) is 8.28. The van der Waals surface area contributed by atoms with Gasteiger partial charge in [-0.15, -0.1) is 0 Å². The van der Waals surface area contributed by atoms with Crippen molar-refractivity contribution in [2.75, 3.05) is 7.05 Å². The van der Waals surface area contributed by atoms with Crippen LogP contribution in [0.2, 0.25) is 0 Å². The van der Waals surface area contributed by atoms with Gasteiger partial charge in [0.2, 0.25) is 0 Å². The zero-order valence-electron chi connectivity index (χ0n) is 9.81. The summed E-state index contributed by atoms with van der Waals surface area (Å²) in [5, 5.41) is 3.13. The highest BCUT2D eigenvalue weighted by Crippen LogP contribution is 2.23. The van der Waals surface area contributed by atoms with Crippen molar-refractivity contribution in [3.8, 4) is 0 Å². The number of benzene rings is 1. The van der Waals surface area contributed by atoms with Gasteiger partial charge in [0, 0.05) is 12.4 Å². The number of nitrogens with zero attached hydrogens (tertiary/aromatic N) is 2. The maximum Gasteiger partial charge on any atom is 0.123 e. The summed E-state index contributed by atoms with van der Waals surface area (Å²) in [6, 6.07) is 4.62. The summed E-state index contributed by atoms with van der Waals surface area (Å²) in [7, 11) is 1.82. The fraction of sp³-hybridized carbons (Fsp3) is 0.231. The van der Waals surface area contributed by atoms with E-state index in [9.17, 15) is 4.39 Å². The van der Waals surface area contributed by atoms with Gasteiger partial charge in [0.25, 0.3) is 0 Å². The number of aryl methyl sites for hydroxylation is 1. The van der Waals surface area contributed by atoms with Crippen molar-refractivity contribution in [3.63, 3.8) is 0 Å². The SMILES string of the molecule is CNC(c1cnccn1)c1cc(F)ccc1C. The normalized spacial score (nSPS) is 12.4. The predicted molar refractivity (Wildman–Crippen MR) is 64.1 cm³/mol. The van der Waals surface area contributed by atoms with Crippen molar-refractivity contribution >= 4 is 0 Å². The highest BCUT2D eigenvalue weighted by Gasteiger charge is 2.16. The van der Waals surface area contributed by atoms with E-state index in [1.165, 1.54) is 12.1 Å². The molecule has 2 aromatic rings. The summed E-state index contributed by atoms with van der Waals surface area (Å²) in [6.07, 6.45) is 4.94. The van der Waals surface area contributed by atoms with Crippen LogP contribution in [0.4, 0.5) is 4.39 Å². The maximum absolute atomic E-state index is 13.3. The summed E-state index contributed by atoms with van der Waals surface area (Å²) in [6.45, 7) is 1.95. The van der Waals surface area contributed by atoms with Crippen molar-refractivity contribution in [2.24, 2.45) is 0 Å². The quantitative estimate of drug-likeness (QED) is 0.880. The van der Waals surface area contributed by atoms with Crippen molar-refractivity contribution in [1.82, 2.24) is 15.3 Å². The first-order chi connectivity index (χ1) is 8.22. The third-order valence-electron chi connectivity index (χ3n) is 2.72. The van der Waals surface area contributed by atoms with Crippen LogP contribution in [0, 0.1) is 12.7 Å². The molecule has 0 aliphatic heterocycles. The minimum absolute atomic E-state index is 0.139. The van der Waals surface area contributed by atoms with Gasteiger partial charge in [0.05, 0.1) is 17.9 Å². The molecule has 1 aromatic carbocycles. The lowest BCUT2D eigenvalue weighted by Gasteiger charge is -2.17. The largest absolute Gasteiger partial charge is 0.308 e. The molecule has 88 valence electrons. The number of hydrogen-bond acceptors (Lipinski definition) is 3. The van der Waals surface area contributed by atoms with Gasteiger partial charge in [0.15, 0.2) is 0 Å². The van der Waals surface area contributed by atoms with Crippen LogP contribution in [0.15, 0.2) is 36.8 Å². The Morgan fingerprint density at radius 2 is 2.12 bits per heavy atom. The van der Waals surface area contributed by atoms with Gasteiger partial charge in [0.1, 0.15) is 5.82 Å². The van der Waals surface area contributed by atoms with E-state index in [0.29, 0.717) is 0 Å². The van der Waals surface area contributed by atoms with Crippen LogP contribution in [-0.2, 0) is 0 Å². The Hall–Kier alpha value is -1.81. The Morgan fingerprint density at radius 3 is 2.76 bits per heavy atom. The van der Waals surface area contributed by atoms with E-state index in [0.717, 1.165) is 16.8 Å². The van der Waals surface area contributed by atoms with E-state index in [-0.39, 0.29) is 11.9 Å². The molecule has 1 aromatic heterocycles. The zero-order valence-corrected chi connectivity index (χ0v) is 9.81. The Balaban J connectivity index is 2.46. The highest BCUT2D eigenvalue weighted by molar-refractivity contribution is 5.34. The van der Waals surface area contributed by atoms with Crippen molar-refractivity contribution in [1.29, 1.82) is 0 Å². The molecule has 1 unspecified atom stereocenters. The number of halogens is 1. The Morgan fingerprint density at radius 1 is 1.29 bits per heavy atom. The molecule has 0 fully saturated rings. The molecule has 4 heteroatoms. The zero-order chi connectivity index (χ0) is 12.3. The second-order valence-electron chi connectivity index (χ2n) is 3.85. The summed E-state index contributed by atoms with van der Waals surface area (Å²) in [5.41, 5.74) is 2.69. The monoisotopic (exact) mass is 231 g/mol. The molecule has 0 spiro atoms. The maximum atomic E-state index is 13.3. The molecule has 1 atom stereocenters. The number of rotatable bonds is 3. The molecule has 0 amide bonds. The van der Waals surface area contributed by atoms with Crippen LogP contribution in [-0.4, -0.2) is 17.0 Å². The lowest BCUT2D eigenvalue weighted by Crippen LogP contribution is -2.20. The fourth-order valence-corrected chi connectivity index (χ4v) is 1.84. The molecular formula is C13H14FN3. The number of hydrogen-bond donors (Lipinski definition) is 1. The van der Waals surface area contributed by atoms with E-state index in [1.807, 2.05) is 14.0 Å². The second-order valence-corrected chi connectivity index (χ2v) is 3.85. The van der Waals surface area contributed by atoms with E-state index in [2.05, 4.69) is 15.3 Å². The average molecular weight is 231 g/mol. The van der Waals surface area contributed by atoms with Crippen molar-refractivity contribution in [3.05, 3.63) is 59.4 Å². The van der Waals surface area contributed by atoms with Crippen LogP contribution in [0.25, 0.3) is 0 Å². The minimum atomic E-state index is -0.241. The topological polar surface area (TPSA) is 37.8 Å². The highest BCUT2D eigenvalue weighted by atomic mass is 19.1. The third kappa shape index (κ3) is 2.47. The fourth-order valence-electron chi connectivity index (χ4n) is 1.84. The minimum Gasteiger partial charge on any atom is -0.308 e. The molecule has 0 aliphatic rings. The first-order valence-electron chi connectivity index (χ1n) is 5.41. The molecule has 0 aliphatic carbocycles. The molecule has 1 N–H and O–H groups in total. The van der Waals surface area contributed by atoms with Gasteiger partial charge >= 0.3 is 0 Å². The molecule has 17 heavy (non-hydrogen) atoms. The van der Waals surface area contributed by atoms with Gasteiger partial charge in [-0.2, -0.15) is 0 Å². The van der Waals surface area contributed by atoms with E-state index < -0.39 is 0 Å². The van der Waals surface area contributed by atoms with E-state index >= 15 is 0 Å². The number of aromatic nitrogens is 2. The van der Waals surface area contributed by atoms with Gasteiger partial charge in [-0.1, -0.05) is 6.07 Å². The molecule has 2 rings (SSSR count). The number of nitrogens with one attached hydrogen (secondary N) is 1. The first-order valence-corrected chi connectivity index (χ1v) is 5.41. The summed E-state index contributed by atoms with van der Waals surface area (Å²) in [5.74, 6) is -0.241. The van der Waals surface area contributed by atoms with Gasteiger partial charge in [-0.3, -0.25) is 9.97 Å². The van der Waals surface area contributed by atoms with Gasteiger partial charge in [-0.25, -0.2) is 4.39 Å². The van der Waals surface area contributed by atoms with Gasteiger partial charge in [-0.05, 0) is 37.2 Å². The van der Waals surface area contributed by atoms with Crippen LogP contribution in [0.1, 0.15) is 22.9 Å². The molecule has 0 radical (unpaired) electrons. The standard InChI is InChI=1S/C13H14FN3/c1-9-3-4-10(14)7-11(9)13(15-2)12-8-16-5-6-17-12/h3-8,13,15H,1-2H3. The molecule has 0 saturated carbocycles. The van der Waals surface area contributed by atoms with Crippen LogP contribution in [0.3, 0.4) is 0 Å². The molecule has 3 nitrogen and oxygen atoms in total. The smallest absolute Gasteiger partial charge is 0.123 e. The summed E-state index contributed by atoms with van der Waals surface area (Å²) >= 11 is 0. The molecule has 0 bridgehead atoms. The third-order valence-corrected chi connectivity index (χ3v) is 2.72. The van der Waals surface area contributed by atoms with E-state index in [1.54, 1.807) is 24.7 Å². The van der Waals surface area contributed by atoms with Crippen LogP contribution < -0.4 is 5.32 Å². The van der Waals surface area contributed by atoms with Gasteiger partial charge < -0.3 is 5.32 Å². The predicted octanol–water partition coefficient (Wildman–Crippen LogP) is 2.23. The second kappa shape index (κ2) is 5.01. The lowest BCUT2D eigenvalue weighted by atomic mass is 9.99. The molecule has 1 heterocycles. The van der Waals surface area contributed by atoms with Crippen molar-refractivity contribution in [2.45, 2.75) is 13.0 Å². The van der Waals surface area contributed by atoms with Crippen molar-refractivity contribution < 1.29 is 4.39 Å².